The summed E-state index contributed by atoms with van der Waals surface area (Å²) in [6, 6.07) is 8.76. The fraction of sp³-hybridized carbons (Fsp3) is 0.295. The molecule has 282 valence electrons. The first-order chi connectivity index (χ1) is 25.4. The third kappa shape index (κ3) is 10.6. The number of ether oxygens (including phenoxy) is 1. The molecule has 0 bridgehead atoms. The molecule has 3 rings (SSSR count). The molecule has 0 aromatic heterocycles. The van der Waals surface area contributed by atoms with E-state index in [1.165, 1.54) is 19.1 Å². The lowest BCUT2D eigenvalue weighted by Gasteiger charge is -2.26. The van der Waals surface area contributed by atoms with E-state index in [0.717, 1.165) is 47.8 Å². The minimum Gasteiger partial charge on any atom is -0.493 e. The molecule has 0 aliphatic carbocycles. The Morgan fingerprint density at radius 2 is 1.83 bits per heavy atom. The lowest BCUT2D eigenvalue weighted by atomic mass is 9.77. The number of benzene rings is 2. The van der Waals surface area contributed by atoms with Gasteiger partial charge in [-0.05, 0) is 107 Å². The summed E-state index contributed by atoms with van der Waals surface area (Å²) in [5.74, 6) is -1.61. The highest BCUT2D eigenvalue weighted by molar-refractivity contribution is 7.81. The predicted molar refractivity (Wildman–Crippen MR) is 211 cm³/mol. The molecule has 2 aromatic carbocycles. The normalized spacial score (nSPS) is 15.6. The quantitative estimate of drug-likeness (QED) is 0.0644. The summed E-state index contributed by atoms with van der Waals surface area (Å²) in [6.45, 7) is 19.0. The molecule has 1 N–H and O–H groups in total. The van der Waals surface area contributed by atoms with Crippen molar-refractivity contribution in [3.63, 3.8) is 0 Å². The smallest absolute Gasteiger partial charge is 0.420 e. The van der Waals surface area contributed by atoms with Gasteiger partial charge in [0.25, 0.3) is 5.91 Å². The number of allylic oxidation sites excluding steroid dienone is 8. The Labute approximate surface area is 320 Å². The van der Waals surface area contributed by atoms with E-state index in [4.69, 9.17) is 22.2 Å². The van der Waals surface area contributed by atoms with Gasteiger partial charge in [0.05, 0.1) is 23.9 Å². The second-order valence-corrected chi connectivity index (χ2v) is 13.8. The van der Waals surface area contributed by atoms with E-state index in [2.05, 4.69) is 31.1 Å². The third-order valence-electron chi connectivity index (χ3n) is 9.05. The average molecular weight is 757 g/mol. The number of hydrogen-bond donors (Lipinski definition) is 1. The molecular formula is C44H44F4N2O3S. The van der Waals surface area contributed by atoms with Crippen LogP contribution in [-0.4, -0.2) is 23.2 Å². The highest BCUT2D eigenvalue weighted by Crippen LogP contribution is 2.37. The average Bonchev–Trinajstić information content (AvgIpc) is 3.09. The first-order valence-electron chi connectivity index (χ1n) is 17.4. The summed E-state index contributed by atoms with van der Waals surface area (Å²) in [5.41, 5.74) is 4.47. The Kier molecular flexibility index (Phi) is 14.8. The zero-order chi connectivity index (χ0) is 40.4. The molecule has 0 spiro atoms. The summed E-state index contributed by atoms with van der Waals surface area (Å²) in [7, 11) is 0. The topological polar surface area (TPSA) is 79.2 Å². The lowest BCUT2D eigenvalue weighted by Crippen LogP contribution is -2.27. The molecule has 0 fully saturated rings. The Bertz CT molecular complexity index is 2100. The maximum atomic E-state index is 15.0. The van der Waals surface area contributed by atoms with E-state index in [1.807, 2.05) is 32.1 Å². The van der Waals surface area contributed by atoms with Crippen LogP contribution in [0, 0.1) is 22.6 Å². The van der Waals surface area contributed by atoms with Crippen LogP contribution in [-0.2, 0) is 22.2 Å². The zero-order valence-corrected chi connectivity index (χ0v) is 32.2. The largest absolute Gasteiger partial charge is 0.493 e. The molecule has 1 amide bonds. The molecule has 10 heteroatoms. The van der Waals surface area contributed by atoms with Gasteiger partial charge < -0.3 is 10.1 Å². The molecule has 1 aliphatic heterocycles. The van der Waals surface area contributed by atoms with E-state index in [9.17, 15) is 27.2 Å². The number of nitriles is 1. The standard InChI is InChI=1S/C44H44F4N2O3S/c1-9-13-27(4)22-32-14-12-15-37(50-42(52)39(32)28(5)10-2)36-24-30(16-21-38(36)53-11-3)23-34(43(7,8)29(6)51)25-35(54)20-19-31-17-18-33(26-49)40(41(31)45)44(46,47)48/h10,12,14,16-21,24-25H,2,4,9,11,13,22-23H2,1,3,5-8H3,(H,50,52)/b20-19+,32-14-,34-25-,39-28+. The van der Waals surface area contributed by atoms with Gasteiger partial charge in [0.15, 0.2) is 0 Å². The second kappa shape index (κ2) is 18.6. The highest BCUT2D eigenvalue weighted by Gasteiger charge is 2.38. The van der Waals surface area contributed by atoms with Gasteiger partial charge in [-0.15, -0.1) is 0 Å². The van der Waals surface area contributed by atoms with Crippen molar-refractivity contribution in [3.05, 3.63) is 141 Å². The number of carbonyl (C=O) groups excluding carboxylic acids is 2. The number of amides is 1. The van der Waals surface area contributed by atoms with E-state index < -0.39 is 34.1 Å². The van der Waals surface area contributed by atoms with E-state index in [0.29, 0.717) is 46.8 Å². The number of Topliss-reactive ketones (excluding diaryl/α,β-unsaturated/α-hetero) is 1. The molecule has 5 nitrogen and oxygen atoms in total. The number of ketones is 1. The van der Waals surface area contributed by atoms with E-state index >= 15 is 0 Å². The fourth-order valence-corrected chi connectivity index (χ4v) is 5.96. The molecule has 1 heterocycles. The Morgan fingerprint density at radius 1 is 1.13 bits per heavy atom. The van der Waals surface area contributed by atoms with Crippen molar-refractivity contribution in [1.82, 2.24) is 5.32 Å². The summed E-state index contributed by atoms with van der Waals surface area (Å²) in [5, 5.41) is 12.1. The van der Waals surface area contributed by atoms with Crippen LogP contribution in [0.15, 0.2) is 107 Å². The molecule has 1 aliphatic rings. The molecular weight excluding hydrogens is 713 g/mol. The van der Waals surface area contributed by atoms with Crippen LogP contribution in [0.1, 0.15) is 88.6 Å². The van der Waals surface area contributed by atoms with Crippen LogP contribution in [0.5, 0.6) is 5.75 Å². The predicted octanol–water partition coefficient (Wildman–Crippen LogP) is 11.1. The summed E-state index contributed by atoms with van der Waals surface area (Å²) in [6.07, 6.45) is 6.58. The van der Waals surface area contributed by atoms with Crippen LogP contribution < -0.4 is 10.1 Å². The first-order valence-corrected chi connectivity index (χ1v) is 17.8. The summed E-state index contributed by atoms with van der Waals surface area (Å²) in [4.78, 5) is 26.9. The van der Waals surface area contributed by atoms with Gasteiger partial charge in [-0.1, -0.05) is 86.0 Å². The molecule has 0 radical (unpaired) electrons. The monoisotopic (exact) mass is 756 g/mol. The van der Waals surface area contributed by atoms with Crippen LogP contribution >= 0.6 is 12.2 Å². The number of halogens is 4. The number of alkyl halides is 3. The van der Waals surface area contributed by atoms with Crippen molar-refractivity contribution in [1.29, 1.82) is 5.26 Å². The first kappa shape index (κ1) is 43.0. The second-order valence-electron chi connectivity index (χ2n) is 13.3. The van der Waals surface area contributed by atoms with Crippen molar-refractivity contribution in [2.75, 3.05) is 6.61 Å². The summed E-state index contributed by atoms with van der Waals surface area (Å²) >= 11 is 5.54. The number of nitrogens with one attached hydrogen (secondary N) is 1. The Morgan fingerprint density at radius 3 is 2.43 bits per heavy atom. The van der Waals surface area contributed by atoms with Gasteiger partial charge in [-0.25, -0.2) is 4.39 Å². The van der Waals surface area contributed by atoms with Crippen molar-refractivity contribution in [3.8, 4) is 11.8 Å². The summed E-state index contributed by atoms with van der Waals surface area (Å²) < 4.78 is 61.6. The molecule has 0 saturated heterocycles. The maximum absolute atomic E-state index is 15.0. The van der Waals surface area contributed by atoms with Gasteiger partial charge in [-0.3, -0.25) is 9.59 Å². The Hall–Kier alpha value is -5.36. The van der Waals surface area contributed by atoms with Gasteiger partial charge in [0.1, 0.15) is 22.9 Å². The minimum atomic E-state index is -5.08. The lowest BCUT2D eigenvalue weighted by molar-refractivity contribution is -0.140. The van der Waals surface area contributed by atoms with E-state index in [1.54, 1.807) is 38.1 Å². The minimum absolute atomic E-state index is 0.127. The van der Waals surface area contributed by atoms with E-state index in [-0.39, 0.29) is 23.0 Å². The fourth-order valence-electron chi connectivity index (χ4n) is 5.75. The van der Waals surface area contributed by atoms with Crippen molar-refractivity contribution >= 4 is 40.5 Å². The van der Waals surface area contributed by atoms with Gasteiger partial charge >= 0.3 is 6.18 Å². The highest BCUT2D eigenvalue weighted by atomic mass is 32.1. The van der Waals surface area contributed by atoms with Crippen LogP contribution in [0.4, 0.5) is 17.6 Å². The third-order valence-corrected chi connectivity index (χ3v) is 9.31. The maximum Gasteiger partial charge on any atom is 0.420 e. The van der Waals surface area contributed by atoms with Gasteiger partial charge in [-0.2, -0.15) is 18.4 Å². The molecule has 0 saturated carbocycles. The number of thiocarbonyl (C=S) groups is 1. The van der Waals surface area contributed by atoms with Gasteiger partial charge in [0, 0.05) is 27.0 Å². The molecule has 54 heavy (non-hydrogen) atoms. The van der Waals surface area contributed by atoms with Crippen molar-refractivity contribution in [2.24, 2.45) is 5.41 Å². The molecule has 0 atom stereocenters. The van der Waals surface area contributed by atoms with Crippen molar-refractivity contribution < 1.29 is 31.9 Å². The SMILES string of the molecule is C=C/C(C)=C1C(=O)NC(c2cc(C/C(=C/C(=S)/C=C/c3ccc(C#N)c(C(F)(F)F)c3F)C(C)(C)C(C)=O)ccc2OCC)=C=C\C=C/1CC(=C)CCC. The molecule has 0 unspecified atom stereocenters. The molecule has 2 aromatic rings. The van der Waals surface area contributed by atoms with Gasteiger partial charge in [0.2, 0.25) is 0 Å². The number of carbonyl (C=O) groups is 2. The Balaban J connectivity index is 2.13. The van der Waals surface area contributed by atoms with Crippen molar-refractivity contribution in [2.45, 2.75) is 73.4 Å². The number of rotatable bonds is 15. The van der Waals surface area contributed by atoms with Crippen LogP contribution in [0.25, 0.3) is 11.8 Å². The van der Waals surface area contributed by atoms with Crippen LogP contribution in [0.3, 0.4) is 0 Å². The number of hydrogen-bond acceptors (Lipinski definition) is 5. The van der Waals surface area contributed by atoms with Crippen LogP contribution in [0.2, 0.25) is 0 Å². The number of nitrogens with zero attached hydrogens (tertiary/aromatic N) is 1. The zero-order valence-electron chi connectivity index (χ0n) is 31.4.